The molecule has 0 aromatic carbocycles. The van der Waals surface area contributed by atoms with Crippen LogP contribution in [0.1, 0.15) is 27.2 Å². The van der Waals surface area contributed by atoms with E-state index in [0.29, 0.717) is 0 Å². The molecular weight excluding hydrogens is 256 g/mol. The zero-order valence-electron chi connectivity index (χ0n) is 13.6. The van der Waals surface area contributed by atoms with Crippen LogP contribution in [-0.2, 0) is 4.43 Å². The van der Waals surface area contributed by atoms with Crippen molar-refractivity contribution in [3.63, 3.8) is 0 Å². The lowest BCUT2D eigenvalue weighted by Crippen LogP contribution is -2.39. The Labute approximate surface area is 116 Å². The molecule has 0 saturated heterocycles. The second-order valence-electron chi connectivity index (χ2n) is 7.87. The molecule has 18 heavy (non-hydrogen) atoms. The molecule has 0 aliphatic carbocycles. The first-order chi connectivity index (χ1) is 7.89. The number of hydrogen-bond donors (Lipinski definition) is 1. The van der Waals surface area contributed by atoms with Gasteiger partial charge < -0.3 is 9.53 Å². The van der Waals surface area contributed by atoms with Gasteiger partial charge in [0, 0.05) is 14.7 Å². The molecule has 0 atom stereocenters. The van der Waals surface area contributed by atoms with Crippen LogP contribution in [0.4, 0.5) is 0 Å². The molecule has 0 spiro atoms. The molecule has 0 saturated carbocycles. The summed E-state index contributed by atoms with van der Waals surface area (Å²) < 4.78 is 6.14. The molecule has 0 amide bonds. The van der Waals surface area contributed by atoms with Gasteiger partial charge in [-0.15, -0.1) is 0 Å². The SMILES string of the molecule is CC(C)(C)[Si](C)(C)O/C=C(/CCO)C[Si](C)(C)C. The Bertz CT molecular complexity index is 283. The van der Waals surface area contributed by atoms with E-state index in [9.17, 15) is 0 Å². The third-order valence-corrected chi connectivity index (χ3v) is 9.35. The van der Waals surface area contributed by atoms with Crippen molar-refractivity contribution in [3.8, 4) is 0 Å². The van der Waals surface area contributed by atoms with Crippen LogP contribution < -0.4 is 0 Å². The Morgan fingerprint density at radius 2 is 1.61 bits per heavy atom. The van der Waals surface area contributed by atoms with Crippen LogP contribution in [0.5, 0.6) is 0 Å². The molecule has 0 unspecified atom stereocenters. The summed E-state index contributed by atoms with van der Waals surface area (Å²) in [6.07, 6.45) is 2.71. The van der Waals surface area contributed by atoms with E-state index in [1.165, 1.54) is 5.57 Å². The van der Waals surface area contributed by atoms with Crippen LogP contribution >= 0.6 is 0 Å². The summed E-state index contributed by atoms with van der Waals surface area (Å²) in [5, 5.41) is 9.38. The maximum Gasteiger partial charge on any atom is 0.249 e. The van der Waals surface area contributed by atoms with Crippen LogP contribution in [0.15, 0.2) is 11.8 Å². The van der Waals surface area contributed by atoms with Gasteiger partial charge in [0.2, 0.25) is 8.32 Å². The Balaban J connectivity index is 4.78. The van der Waals surface area contributed by atoms with Crippen LogP contribution in [0.2, 0.25) is 43.8 Å². The standard InChI is InChI=1S/C14H32O2Si2/c1-14(2,3)18(7,8)16-11-13(9-10-15)12-17(4,5)6/h11,15H,9-10,12H2,1-8H3/b13-11-. The van der Waals surface area contributed by atoms with Crippen LogP contribution in [0, 0.1) is 0 Å². The minimum absolute atomic E-state index is 0.219. The number of aliphatic hydroxyl groups excluding tert-OH is 1. The van der Waals surface area contributed by atoms with Crippen LogP contribution in [0.25, 0.3) is 0 Å². The molecule has 0 aromatic heterocycles. The smallest absolute Gasteiger partial charge is 0.249 e. The highest BCUT2D eigenvalue weighted by Crippen LogP contribution is 2.37. The summed E-state index contributed by atoms with van der Waals surface area (Å²) in [7, 11) is -2.86. The normalized spacial score (nSPS) is 14.8. The monoisotopic (exact) mass is 288 g/mol. The van der Waals surface area contributed by atoms with Crippen LogP contribution in [0.3, 0.4) is 0 Å². The molecule has 4 heteroatoms. The lowest BCUT2D eigenvalue weighted by molar-refractivity contribution is 0.297. The second-order valence-corrected chi connectivity index (χ2v) is 18.1. The highest BCUT2D eigenvalue weighted by molar-refractivity contribution is 6.76. The van der Waals surface area contributed by atoms with Gasteiger partial charge in [-0.3, -0.25) is 0 Å². The highest BCUT2D eigenvalue weighted by Gasteiger charge is 2.38. The minimum atomic E-state index is -1.71. The van der Waals surface area contributed by atoms with E-state index < -0.39 is 16.4 Å². The number of rotatable bonds is 6. The molecule has 0 bridgehead atoms. The molecule has 2 nitrogen and oxygen atoms in total. The molecule has 0 aliphatic rings. The lowest BCUT2D eigenvalue weighted by atomic mass is 10.2. The fraction of sp³-hybridized carbons (Fsp3) is 0.857. The van der Waals surface area contributed by atoms with Crippen molar-refractivity contribution in [2.24, 2.45) is 0 Å². The number of aliphatic hydroxyl groups is 1. The van der Waals surface area contributed by atoms with Gasteiger partial charge in [-0.25, -0.2) is 0 Å². The fourth-order valence-electron chi connectivity index (χ4n) is 1.42. The molecule has 0 fully saturated rings. The topological polar surface area (TPSA) is 29.5 Å². The van der Waals surface area contributed by atoms with Crippen molar-refractivity contribution < 1.29 is 9.53 Å². The summed E-state index contributed by atoms with van der Waals surface area (Å²) in [6.45, 7) is 18.5. The Morgan fingerprint density at radius 1 is 1.11 bits per heavy atom. The van der Waals surface area contributed by atoms with E-state index in [-0.39, 0.29) is 11.6 Å². The van der Waals surface area contributed by atoms with Crippen molar-refractivity contribution in [1.82, 2.24) is 0 Å². The van der Waals surface area contributed by atoms with E-state index in [1.807, 2.05) is 6.26 Å². The summed E-state index contributed by atoms with van der Waals surface area (Å²) in [6, 6.07) is 1.11. The van der Waals surface area contributed by atoms with E-state index in [2.05, 4.69) is 53.5 Å². The Morgan fingerprint density at radius 3 is 1.94 bits per heavy atom. The van der Waals surface area contributed by atoms with Crippen molar-refractivity contribution in [3.05, 3.63) is 11.8 Å². The first-order valence-corrected chi connectivity index (χ1v) is 13.5. The van der Waals surface area contributed by atoms with Crippen molar-refractivity contribution in [1.29, 1.82) is 0 Å². The first kappa shape index (κ1) is 17.9. The third-order valence-electron chi connectivity index (χ3n) is 3.52. The zero-order chi connectivity index (χ0) is 14.6. The minimum Gasteiger partial charge on any atom is -0.549 e. The van der Waals surface area contributed by atoms with Crippen molar-refractivity contribution in [2.45, 2.75) is 71.0 Å². The molecular formula is C14H32O2Si2. The van der Waals surface area contributed by atoms with E-state index in [1.54, 1.807) is 0 Å². The van der Waals surface area contributed by atoms with Gasteiger partial charge >= 0.3 is 0 Å². The quantitative estimate of drug-likeness (QED) is 0.571. The van der Waals surface area contributed by atoms with Gasteiger partial charge in [0.25, 0.3) is 0 Å². The van der Waals surface area contributed by atoms with Gasteiger partial charge in [-0.2, -0.15) is 0 Å². The summed E-state index contributed by atoms with van der Waals surface area (Å²) in [5.41, 5.74) is 1.28. The maximum absolute atomic E-state index is 9.15. The maximum atomic E-state index is 9.15. The molecule has 0 aliphatic heterocycles. The molecule has 0 aromatic rings. The van der Waals surface area contributed by atoms with Gasteiger partial charge in [0.1, 0.15) is 0 Å². The molecule has 108 valence electrons. The molecule has 1 N–H and O–H groups in total. The summed E-state index contributed by atoms with van der Waals surface area (Å²) in [4.78, 5) is 0. The predicted octanol–water partition coefficient (Wildman–Crippen LogP) is 4.61. The van der Waals surface area contributed by atoms with Crippen molar-refractivity contribution in [2.75, 3.05) is 6.61 Å². The second kappa shape index (κ2) is 6.39. The van der Waals surface area contributed by atoms with Crippen LogP contribution in [-0.4, -0.2) is 28.1 Å². The van der Waals surface area contributed by atoms with Gasteiger partial charge in [0.15, 0.2) is 0 Å². The third kappa shape index (κ3) is 6.76. The molecule has 0 radical (unpaired) electrons. The summed E-state index contributed by atoms with van der Waals surface area (Å²) in [5.74, 6) is 0. The Kier molecular flexibility index (Phi) is 6.37. The number of hydrogen-bond acceptors (Lipinski definition) is 2. The largest absolute Gasteiger partial charge is 0.549 e. The first-order valence-electron chi connectivity index (χ1n) is 6.86. The lowest BCUT2D eigenvalue weighted by Gasteiger charge is -2.35. The Hall–Kier alpha value is -0.0662. The van der Waals surface area contributed by atoms with E-state index in [0.717, 1.165) is 12.5 Å². The zero-order valence-corrected chi connectivity index (χ0v) is 15.6. The average molecular weight is 289 g/mol. The van der Waals surface area contributed by atoms with Gasteiger partial charge in [0.05, 0.1) is 6.26 Å². The van der Waals surface area contributed by atoms with Crippen molar-refractivity contribution >= 4 is 16.4 Å². The molecule has 0 rings (SSSR count). The van der Waals surface area contributed by atoms with E-state index in [4.69, 9.17) is 9.53 Å². The fourth-order valence-corrected chi connectivity index (χ4v) is 3.86. The van der Waals surface area contributed by atoms with E-state index >= 15 is 0 Å². The summed E-state index contributed by atoms with van der Waals surface area (Å²) >= 11 is 0. The molecule has 0 heterocycles. The van der Waals surface area contributed by atoms with Gasteiger partial charge in [-0.05, 0) is 36.2 Å². The highest BCUT2D eigenvalue weighted by atomic mass is 28.4. The predicted molar refractivity (Wildman–Crippen MR) is 86.2 cm³/mol. The van der Waals surface area contributed by atoms with Gasteiger partial charge in [-0.1, -0.05) is 40.4 Å². The average Bonchev–Trinajstić information content (AvgIpc) is 2.10.